The highest BCUT2D eigenvalue weighted by Crippen LogP contribution is 2.33. The second kappa shape index (κ2) is 9.91. The number of anilines is 2. The van der Waals surface area contributed by atoms with Crippen LogP contribution < -0.4 is 19.1 Å². The monoisotopic (exact) mass is 472 g/mol. The third kappa shape index (κ3) is 5.25. The molecule has 1 amide bonds. The first-order valence-electron chi connectivity index (χ1n) is 10.0. The molecule has 3 rings (SSSR count). The number of hydrogen-bond donors (Lipinski definition) is 1. The van der Waals surface area contributed by atoms with Crippen LogP contribution in [0.4, 0.5) is 15.8 Å². The van der Waals surface area contributed by atoms with Gasteiger partial charge < -0.3 is 14.8 Å². The van der Waals surface area contributed by atoms with Crippen molar-refractivity contribution in [1.82, 2.24) is 0 Å². The van der Waals surface area contributed by atoms with Crippen LogP contribution in [-0.4, -0.2) is 35.1 Å². The Morgan fingerprint density at radius 1 is 0.939 bits per heavy atom. The number of methoxy groups -OCH3 is 2. The van der Waals surface area contributed by atoms with Gasteiger partial charge in [-0.25, -0.2) is 12.8 Å². The molecule has 0 unspecified atom stereocenters. The average Bonchev–Trinajstić information content (AvgIpc) is 2.80. The Kier molecular flexibility index (Phi) is 7.23. The van der Waals surface area contributed by atoms with Crippen LogP contribution in [0.5, 0.6) is 11.5 Å². The molecule has 174 valence electrons. The Hall–Kier alpha value is -3.59. The lowest BCUT2D eigenvalue weighted by Crippen LogP contribution is -2.38. The molecule has 7 nitrogen and oxygen atoms in total. The van der Waals surface area contributed by atoms with Gasteiger partial charge in [0.2, 0.25) is 5.91 Å². The fraction of sp³-hybridized carbons (Fsp3) is 0.208. The van der Waals surface area contributed by atoms with Gasteiger partial charge in [0.05, 0.1) is 24.8 Å². The van der Waals surface area contributed by atoms with Gasteiger partial charge in [-0.2, -0.15) is 0 Å². The first kappa shape index (κ1) is 24.1. The van der Waals surface area contributed by atoms with E-state index < -0.39 is 28.3 Å². The van der Waals surface area contributed by atoms with Crippen molar-refractivity contribution in [2.24, 2.45) is 0 Å². The van der Waals surface area contributed by atoms with E-state index in [1.54, 1.807) is 12.1 Å². The predicted octanol–water partition coefficient (Wildman–Crippen LogP) is 4.29. The van der Waals surface area contributed by atoms with Crippen molar-refractivity contribution >= 4 is 27.3 Å². The second-order valence-electron chi connectivity index (χ2n) is 7.33. The van der Waals surface area contributed by atoms with E-state index in [2.05, 4.69) is 5.32 Å². The zero-order valence-electron chi connectivity index (χ0n) is 18.8. The maximum absolute atomic E-state index is 14.6. The van der Waals surface area contributed by atoms with Gasteiger partial charge in [-0.15, -0.1) is 0 Å². The Bertz CT molecular complexity index is 1280. The van der Waals surface area contributed by atoms with Crippen molar-refractivity contribution in [3.05, 3.63) is 77.6 Å². The summed E-state index contributed by atoms with van der Waals surface area (Å²) >= 11 is 0. The van der Waals surface area contributed by atoms with E-state index >= 15 is 0 Å². The summed E-state index contributed by atoms with van der Waals surface area (Å²) in [4.78, 5) is 12.6. The van der Waals surface area contributed by atoms with Gasteiger partial charge in [0.1, 0.15) is 12.4 Å². The fourth-order valence-electron chi connectivity index (χ4n) is 3.21. The normalized spacial score (nSPS) is 11.1. The van der Waals surface area contributed by atoms with Crippen molar-refractivity contribution < 1.29 is 27.1 Å². The van der Waals surface area contributed by atoms with Crippen LogP contribution in [0.15, 0.2) is 65.6 Å². The topological polar surface area (TPSA) is 84.9 Å². The third-order valence-corrected chi connectivity index (χ3v) is 6.90. The lowest BCUT2D eigenvalue weighted by atomic mass is 10.1. The summed E-state index contributed by atoms with van der Waals surface area (Å²) in [6.45, 7) is 3.21. The zero-order valence-corrected chi connectivity index (χ0v) is 19.6. The molecule has 0 aliphatic carbocycles. The van der Waals surface area contributed by atoms with Crippen molar-refractivity contribution in [3.8, 4) is 11.5 Å². The van der Waals surface area contributed by atoms with Gasteiger partial charge in [0.15, 0.2) is 11.5 Å². The molecule has 3 aromatic rings. The largest absolute Gasteiger partial charge is 0.493 e. The molecule has 0 aliphatic heterocycles. The highest BCUT2D eigenvalue weighted by molar-refractivity contribution is 7.92. The molecule has 0 bridgehead atoms. The van der Waals surface area contributed by atoms with E-state index in [1.807, 2.05) is 19.9 Å². The van der Waals surface area contributed by atoms with Gasteiger partial charge in [0.25, 0.3) is 10.0 Å². The summed E-state index contributed by atoms with van der Waals surface area (Å²) in [6.07, 6.45) is 0. The van der Waals surface area contributed by atoms with Crippen molar-refractivity contribution in [2.75, 3.05) is 30.4 Å². The molecule has 0 radical (unpaired) electrons. The van der Waals surface area contributed by atoms with E-state index in [0.717, 1.165) is 21.5 Å². The van der Waals surface area contributed by atoms with Crippen molar-refractivity contribution in [2.45, 2.75) is 18.7 Å². The lowest BCUT2D eigenvalue weighted by molar-refractivity contribution is -0.114. The first-order valence-corrected chi connectivity index (χ1v) is 11.5. The van der Waals surface area contributed by atoms with Crippen LogP contribution in [0.3, 0.4) is 0 Å². The maximum atomic E-state index is 14.6. The van der Waals surface area contributed by atoms with Gasteiger partial charge >= 0.3 is 0 Å². The molecular weight excluding hydrogens is 447 g/mol. The molecule has 1 N–H and O–H groups in total. The first-order chi connectivity index (χ1) is 15.7. The number of aryl methyl sites for hydroxylation is 2. The van der Waals surface area contributed by atoms with Crippen LogP contribution in [-0.2, 0) is 14.8 Å². The molecule has 0 aliphatic rings. The van der Waals surface area contributed by atoms with Crippen molar-refractivity contribution in [3.63, 3.8) is 0 Å². The highest BCUT2D eigenvalue weighted by Gasteiger charge is 2.30. The molecule has 33 heavy (non-hydrogen) atoms. The van der Waals surface area contributed by atoms with Crippen LogP contribution >= 0.6 is 0 Å². The molecule has 0 saturated heterocycles. The van der Waals surface area contributed by atoms with E-state index in [0.29, 0.717) is 11.4 Å². The molecule has 9 heteroatoms. The number of hydrogen-bond acceptors (Lipinski definition) is 5. The minimum atomic E-state index is -4.34. The van der Waals surface area contributed by atoms with Gasteiger partial charge in [-0.05, 0) is 61.4 Å². The Morgan fingerprint density at radius 2 is 1.64 bits per heavy atom. The van der Waals surface area contributed by atoms with Crippen LogP contribution in [0.25, 0.3) is 0 Å². The van der Waals surface area contributed by atoms with Crippen LogP contribution in [0, 0.1) is 19.7 Å². The van der Waals surface area contributed by atoms with Crippen LogP contribution in [0.2, 0.25) is 0 Å². The number of rotatable bonds is 8. The number of carbonyl (C=O) groups is 1. The van der Waals surface area contributed by atoms with E-state index in [4.69, 9.17) is 9.47 Å². The number of amides is 1. The number of para-hydroxylation sites is 1. The Balaban J connectivity index is 2.00. The number of sulfonamides is 1. The zero-order chi connectivity index (χ0) is 24.2. The summed E-state index contributed by atoms with van der Waals surface area (Å²) < 4.78 is 52.8. The molecule has 0 atom stereocenters. The fourth-order valence-corrected chi connectivity index (χ4v) is 4.65. The lowest BCUT2D eigenvalue weighted by Gasteiger charge is -2.25. The smallest absolute Gasteiger partial charge is 0.265 e. The summed E-state index contributed by atoms with van der Waals surface area (Å²) in [5.41, 5.74) is 2.29. The molecule has 0 spiro atoms. The Morgan fingerprint density at radius 3 is 2.27 bits per heavy atom. The second-order valence-corrected chi connectivity index (χ2v) is 9.19. The number of halogens is 1. The van der Waals surface area contributed by atoms with Crippen LogP contribution in [0.1, 0.15) is 11.1 Å². The highest BCUT2D eigenvalue weighted by atomic mass is 32.2. The summed E-state index contributed by atoms with van der Waals surface area (Å²) in [5, 5.41) is 2.68. The van der Waals surface area contributed by atoms with Gasteiger partial charge in [0, 0.05) is 11.8 Å². The standard InChI is InChI=1S/C24H25FN2O5S/c1-16-9-10-18(13-17(16)2)26-24(28)15-27(21-8-6-5-7-20(21)25)33(29,30)19-11-12-22(31-3)23(14-19)32-4/h5-14H,15H2,1-4H3,(H,26,28). The molecule has 0 fully saturated rings. The minimum absolute atomic E-state index is 0.178. The average molecular weight is 473 g/mol. The van der Waals surface area contributed by atoms with Crippen molar-refractivity contribution in [1.29, 1.82) is 0 Å². The minimum Gasteiger partial charge on any atom is -0.493 e. The van der Waals surface area contributed by atoms with E-state index in [-0.39, 0.29) is 16.3 Å². The molecule has 0 saturated carbocycles. The third-order valence-electron chi connectivity index (χ3n) is 5.14. The number of ether oxygens (including phenoxy) is 2. The van der Waals surface area contributed by atoms with E-state index in [9.17, 15) is 17.6 Å². The Labute approximate surface area is 192 Å². The SMILES string of the molecule is COc1ccc(S(=O)(=O)N(CC(=O)Nc2ccc(C)c(C)c2)c2ccccc2F)cc1OC. The van der Waals surface area contributed by atoms with Gasteiger partial charge in [-0.3, -0.25) is 9.10 Å². The molecule has 0 aromatic heterocycles. The van der Waals surface area contributed by atoms with E-state index in [1.165, 1.54) is 50.6 Å². The summed E-state index contributed by atoms with van der Waals surface area (Å²) in [5.74, 6) is -0.876. The number of benzene rings is 3. The number of carbonyl (C=O) groups excluding carboxylic acids is 1. The molecule has 0 heterocycles. The maximum Gasteiger partial charge on any atom is 0.265 e. The van der Waals surface area contributed by atoms with Gasteiger partial charge in [-0.1, -0.05) is 18.2 Å². The predicted molar refractivity (Wildman–Crippen MR) is 125 cm³/mol. The quantitative estimate of drug-likeness (QED) is 0.529. The summed E-state index contributed by atoms with van der Waals surface area (Å²) in [7, 11) is -1.54. The summed E-state index contributed by atoms with van der Waals surface area (Å²) in [6, 6.07) is 14.7. The molecule has 3 aromatic carbocycles. The molecular formula is C24H25FN2O5S. The number of nitrogens with zero attached hydrogens (tertiary/aromatic N) is 1. The number of nitrogens with one attached hydrogen (secondary N) is 1.